The van der Waals surface area contributed by atoms with Crippen molar-refractivity contribution in [2.75, 3.05) is 0 Å². The fourth-order valence-electron chi connectivity index (χ4n) is 2.41. The summed E-state index contributed by atoms with van der Waals surface area (Å²) in [6, 6.07) is 7.61. The Hall–Kier alpha value is -2.93. The molecule has 4 heterocycles. The van der Waals surface area contributed by atoms with Gasteiger partial charge in [-0.1, -0.05) is 6.07 Å². The van der Waals surface area contributed by atoms with Crippen LogP contribution in [0.2, 0.25) is 0 Å². The van der Waals surface area contributed by atoms with Crippen LogP contribution in [-0.2, 0) is 6.54 Å². The fraction of sp³-hybridized carbons (Fsp3) is 0.0625. The number of carbonyl (C=O) groups is 1. The normalized spacial score (nSPS) is 11.0. The molecule has 0 aliphatic heterocycles. The van der Waals surface area contributed by atoms with Gasteiger partial charge >= 0.3 is 0 Å². The van der Waals surface area contributed by atoms with Crippen LogP contribution in [0.3, 0.4) is 0 Å². The van der Waals surface area contributed by atoms with Gasteiger partial charge in [0.2, 0.25) is 0 Å². The predicted octanol–water partition coefficient (Wildman–Crippen LogP) is 2.72. The maximum absolute atomic E-state index is 12.3. The highest BCUT2D eigenvalue weighted by Gasteiger charge is 2.11. The monoisotopic (exact) mass is 323 g/mol. The number of aromatic nitrogens is 4. The van der Waals surface area contributed by atoms with E-state index in [2.05, 4.69) is 20.5 Å². The van der Waals surface area contributed by atoms with E-state index >= 15 is 0 Å². The smallest absolute Gasteiger partial charge is 0.253 e. The Bertz CT molecular complexity index is 954. The standard InChI is InChI=1S/C16H13N5OS/c22-16(11-3-4-14-17-5-6-21(14)10-11)18-8-12-9-19-20-15(12)13-2-1-7-23-13/h1-7,9-10H,8H2,(H,18,22)(H,19,20). The number of nitrogens with one attached hydrogen (secondary N) is 2. The minimum Gasteiger partial charge on any atom is -0.348 e. The van der Waals surface area contributed by atoms with Crippen molar-refractivity contribution in [3.05, 3.63) is 65.6 Å². The van der Waals surface area contributed by atoms with Crippen molar-refractivity contribution in [2.45, 2.75) is 6.54 Å². The van der Waals surface area contributed by atoms with E-state index in [1.807, 2.05) is 34.2 Å². The van der Waals surface area contributed by atoms with Gasteiger partial charge in [0.05, 0.1) is 22.3 Å². The molecule has 0 bridgehead atoms. The van der Waals surface area contributed by atoms with Crippen LogP contribution in [0, 0.1) is 0 Å². The lowest BCUT2D eigenvalue weighted by molar-refractivity contribution is 0.0950. The van der Waals surface area contributed by atoms with Gasteiger partial charge in [-0.05, 0) is 23.6 Å². The van der Waals surface area contributed by atoms with Crippen molar-refractivity contribution in [1.29, 1.82) is 0 Å². The third-order valence-electron chi connectivity index (χ3n) is 3.58. The van der Waals surface area contributed by atoms with Crippen molar-refractivity contribution >= 4 is 22.9 Å². The Balaban J connectivity index is 1.51. The van der Waals surface area contributed by atoms with Crippen LogP contribution in [0.15, 0.2) is 54.4 Å². The third kappa shape index (κ3) is 2.62. The van der Waals surface area contributed by atoms with Crippen LogP contribution in [0.4, 0.5) is 0 Å². The summed E-state index contributed by atoms with van der Waals surface area (Å²) in [5, 5.41) is 12.0. The number of hydrogen-bond donors (Lipinski definition) is 2. The van der Waals surface area contributed by atoms with Crippen molar-refractivity contribution < 1.29 is 4.79 Å². The van der Waals surface area contributed by atoms with Crippen molar-refractivity contribution in [1.82, 2.24) is 24.9 Å². The van der Waals surface area contributed by atoms with E-state index < -0.39 is 0 Å². The van der Waals surface area contributed by atoms with Gasteiger partial charge < -0.3 is 9.72 Å². The molecular formula is C16H13N5OS. The zero-order chi connectivity index (χ0) is 15.6. The zero-order valence-electron chi connectivity index (χ0n) is 12.1. The summed E-state index contributed by atoms with van der Waals surface area (Å²) in [5.41, 5.74) is 3.32. The van der Waals surface area contributed by atoms with E-state index in [-0.39, 0.29) is 5.91 Å². The van der Waals surface area contributed by atoms with Crippen molar-refractivity contribution in [2.24, 2.45) is 0 Å². The Morgan fingerprint density at radius 2 is 2.30 bits per heavy atom. The predicted molar refractivity (Wildman–Crippen MR) is 88.3 cm³/mol. The maximum atomic E-state index is 12.3. The summed E-state index contributed by atoms with van der Waals surface area (Å²) in [5.74, 6) is -0.126. The number of rotatable bonds is 4. The van der Waals surface area contributed by atoms with Crippen LogP contribution in [0.25, 0.3) is 16.2 Å². The average molecular weight is 323 g/mol. The van der Waals surface area contributed by atoms with Gasteiger partial charge in [-0.3, -0.25) is 9.89 Å². The molecular weight excluding hydrogens is 310 g/mol. The van der Waals surface area contributed by atoms with Crippen LogP contribution in [0.1, 0.15) is 15.9 Å². The number of thiophene rings is 1. The number of hydrogen-bond acceptors (Lipinski definition) is 4. The number of nitrogens with zero attached hydrogens (tertiary/aromatic N) is 3. The van der Waals surface area contributed by atoms with E-state index in [1.165, 1.54) is 0 Å². The molecule has 0 unspecified atom stereocenters. The highest BCUT2D eigenvalue weighted by atomic mass is 32.1. The summed E-state index contributed by atoms with van der Waals surface area (Å²) in [6.07, 6.45) is 7.04. The minimum absolute atomic E-state index is 0.126. The zero-order valence-corrected chi connectivity index (χ0v) is 12.9. The Morgan fingerprint density at radius 3 is 3.17 bits per heavy atom. The molecule has 1 amide bonds. The molecule has 4 aromatic heterocycles. The second kappa shape index (κ2) is 5.69. The fourth-order valence-corrected chi connectivity index (χ4v) is 3.17. The molecule has 0 fully saturated rings. The number of pyridine rings is 1. The summed E-state index contributed by atoms with van der Waals surface area (Å²) in [6.45, 7) is 0.421. The molecule has 4 rings (SSSR count). The summed E-state index contributed by atoms with van der Waals surface area (Å²) in [7, 11) is 0. The number of aromatic amines is 1. The molecule has 0 spiro atoms. The number of fused-ring (bicyclic) bond motifs is 1. The lowest BCUT2D eigenvalue weighted by Crippen LogP contribution is -2.23. The van der Waals surface area contributed by atoms with Crippen molar-refractivity contribution in [3.63, 3.8) is 0 Å². The molecule has 0 atom stereocenters. The summed E-state index contributed by atoms with van der Waals surface area (Å²) >= 11 is 1.63. The SMILES string of the molecule is O=C(NCc1cn[nH]c1-c1cccs1)c1ccc2nccn2c1. The maximum Gasteiger partial charge on any atom is 0.253 e. The number of H-pyrrole nitrogens is 1. The lowest BCUT2D eigenvalue weighted by atomic mass is 10.2. The summed E-state index contributed by atoms with van der Waals surface area (Å²) < 4.78 is 1.82. The molecule has 0 saturated heterocycles. The Labute approximate surface area is 135 Å². The highest BCUT2D eigenvalue weighted by molar-refractivity contribution is 7.13. The molecule has 7 heteroatoms. The largest absolute Gasteiger partial charge is 0.348 e. The Kier molecular flexibility index (Phi) is 3.39. The number of amides is 1. The summed E-state index contributed by atoms with van der Waals surface area (Å²) in [4.78, 5) is 17.6. The minimum atomic E-state index is -0.126. The van der Waals surface area contributed by atoms with E-state index in [1.54, 1.807) is 36.0 Å². The van der Waals surface area contributed by atoms with Gasteiger partial charge in [-0.2, -0.15) is 5.10 Å². The Morgan fingerprint density at radius 1 is 1.35 bits per heavy atom. The van der Waals surface area contributed by atoms with E-state index in [9.17, 15) is 4.79 Å². The molecule has 4 aromatic rings. The first-order chi connectivity index (χ1) is 11.3. The molecule has 0 aliphatic rings. The molecule has 0 radical (unpaired) electrons. The van der Waals surface area contributed by atoms with Crippen LogP contribution < -0.4 is 5.32 Å². The number of carbonyl (C=O) groups excluding carboxylic acids is 1. The first kappa shape index (κ1) is 13.7. The van der Waals surface area contributed by atoms with Crippen LogP contribution >= 0.6 is 11.3 Å². The first-order valence-corrected chi connectivity index (χ1v) is 7.96. The van der Waals surface area contributed by atoms with E-state index in [0.29, 0.717) is 12.1 Å². The molecule has 23 heavy (non-hydrogen) atoms. The van der Waals surface area contributed by atoms with Gasteiger partial charge in [0.15, 0.2) is 0 Å². The van der Waals surface area contributed by atoms with Gasteiger partial charge in [0.1, 0.15) is 5.65 Å². The third-order valence-corrected chi connectivity index (χ3v) is 4.46. The molecule has 0 aromatic carbocycles. The van der Waals surface area contributed by atoms with Gasteiger partial charge in [0.25, 0.3) is 5.91 Å². The molecule has 114 valence electrons. The van der Waals surface area contributed by atoms with Crippen LogP contribution in [0.5, 0.6) is 0 Å². The van der Waals surface area contributed by atoms with Crippen LogP contribution in [-0.4, -0.2) is 25.5 Å². The molecule has 0 saturated carbocycles. The van der Waals surface area contributed by atoms with Gasteiger partial charge in [-0.15, -0.1) is 11.3 Å². The van der Waals surface area contributed by atoms with Crippen molar-refractivity contribution in [3.8, 4) is 10.6 Å². The molecule has 2 N–H and O–H groups in total. The lowest BCUT2D eigenvalue weighted by Gasteiger charge is -2.06. The second-order valence-electron chi connectivity index (χ2n) is 5.04. The van der Waals surface area contributed by atoms with Gasteiger partial charge in [0, 0.05) is 30.7 Å². The van der Waals surface area contributed by atoms with Gasteiger partial charge in [-0.25, -0.2) is 4.98 Å². The second-order valence-corrected chi connectivity index (χ2v) is 5.99. The first-order valence-electron chi connectivity index (χ1n) is 7.08. The van der Waals surface area contributed by atoms with E-state index in [4.69, 9.17) is 0 Å². The topological polar surface area (TPSA) is 75.1 Å². The quantitative estimate of drug-likeness (QED) is 0.606. The number of imidazole rings is 1. The molecule has 6 nitrogen and oxygen atoms in total. The average Bonchev–Trinajstić information content (AvgIpc) is 3.31. The highest BCUT2D eigenvalue weighted by Crippen LogP contribution is 2.25. The van der Waals surface area contributed by atoms with E-state index in [0.717, 1.165) is 21.8 Å². The molecule has 0 aliphatic carbocycles.